The molecule has 0 unspecified atom stereocenters. The van der Waals surface area contributed by atoms with Gasteiger partial charge in [0.05, 0.1) is 12.2 Å². The smallest absolute Gasteiger partial charge is 0.336 e. The number of amides is 2. The predicted octanol–water partition coefficient (Wildman–Crippen LogP) is 3.31. The number of allylic oxidation sites excluding steroid dienone is 1. The summed E-state index contributed by atoms with van der Waals surface area (Å²) >= 11 is 0. The number of nitrogens with one attached hydrogen (secondary N) is 1. The van der Waals surface area contributed by atoms with Gasteiger partial charge in [-0.25, -0.2) is 4.79 Å². The highest BCUT2D eigenvalue weighted by Gasteiger charge is 2.37. The average Bonchev–Trinajstić information content (AvgIpc) is 2.65. The molecule has 29 heavy (non-hydrogen) atoms. The molecule has 2 rings (SSSR count). The van der Waals surface area contributed by atoms with Crippen molar-refractivity contribution in [3.63, 3.8) is 0 Å². The molecule has 0 spiro atoms. The summed E-state index contributed by atoms with van der Waals surface area (Å²) in [5.74, 6) is -0.717. The van der Waals surface area contributed by atoms with E-state index in [1.54, 1.807) is 13.8 Å². The highest BCUT2D eigenvalue weighted by molar-refractivity contribution is 5.97. The monoisotopic (exact) mass is 400 g/mol. The Labute approximate surface area is 173 Å². The SMILES string of the molecule is CCOC(=O)C1=C(C)N(CC(=O)NCCC(C)C)C(=O)C[C@H]1c1ccc(C)cc1. The maximum Gasteiger partial charge on any atom is 0.336 e. The Morgan fingerprint density at radius 2 is 1.86 bits per heavy atom. The second-order valence-electron chi connectivity index (χ2n) is 7.90. The van der Waals surface area contributed by atoms with E-state index < -0.39 is 5.97 Å². The second-order valence-corrected chi connectivity index (χ2v) is 7.90. The fourth-order valence-corrected chi connectivity index (χ4v) is 3.46. The van der Waals surface area contributed by atoms with Crippen molar-refractivity contribution in [1.82, 2.24) is 10.2 Å². The molecule has 0 radical (unpaired) electrons. The lowest BCUT2D eigenvalue weighted by Gasteiger charge is -2.34. The van der Waals surface area contributed by atoms with Crippen LogP contribution in [-0.2, 0) is 19.1 Å². The van der Waals surface area contributed by atoms with Crippen LogP contribution in [0.3, 0.4) is 0 Å². The molecule has 1 aromatic rings. The van der Waals surface area contributed by atoms with Gasteiger partial charge in [0, 0.05) is 24.6 Å². The Morgan fingerprint density at radius 3 is 2.45 bits per heavy atom. The molecule has 1 aliphatic heterocycles. The van der Waals surface area contributed by atoms with E-state index in [0.717, 1.165) is 17.5 Å². The molecule has 0 bridgehead atoms. The van der Waals surface area contributed by atoms with Crippen LogP contribution >= 0.6 is 0 Å². The zero-order valence-electron chi connectivity index (χ0n) is 18.1. The van der Waals surface area contributed by atoms with E-state index in [2.05, 4.69) is 19.2 Å². The summed E-state index contributed by atoms with van der Waals surface area (Å²) < 4.78 is 5.27. The van der Waals surface area contributed by atoms with E-state index >= 15 is 0 Å². The largest absolute Gasteiger partial charge is 0.463 e. The van der Waals surface area contributed by atoms with E-state index in [9.17, 15) is 14.4 Å². The zero-order valence-corrected chi connectivity index (χ0v) is 18.1. The zero-order chi connectivity index (χ0) is 21.6. The second kappa shape index (κ2) is 10.2. The minimum Gasteiger partial charge on any atom is -0.463 e. The Hall–Kier alpha value is -2.63. The molecule has 1 N–H and O–H groups in total. The molecule has 1 aliphatic rings. The van der Waals surface area contributed by atoms with E-state index in [4.69, 9.17) is 4.74 Å². The van der Waals surface area contributed by atoms with Crippen LogP contribution in [-0.4, -0.2) is 42.4 Å². The van der Waals surface area contributed by atoms with E-state index in [1.165, 1.54) is 4.90 Å². The van der Waals surface area contributed by atoms with Crippen molar-refractivity contribution in [1.29, 1.82) is 0 Å². The van der Waals surface area contributed by atoms with Crippen LogP contribution in [0.5, 0.6) is 0 Å². The fraction of sp³-hybridized carbons (Fsp3) is 0.522. The minimum absolute atomic E-state index is 0.0910. The summed E-state index contributed by atoms with van der Waals surface area (Å²) in [6, 6.07) is 7.81. The molecule has 6 heteroatoms. The molecular weight excluding hydrogens is 368 g/mol. The maximum absolute atomic E-state index is 12.9. The van der Waals surface area contributed by atoms with Gasteiger partial charge in [0.15, 0.2) is 0 Å². The number of hydrogen-bond donors (Lipinski definition) is 1. The van der Waals surface area contributed by atoms with E-state index in [1.807, 2.05) is 31.2 Å². The van der Waals surface area contributed by atoms with Gasteiger partial charge in [0.1, 0.15) is 6.54 Å². The van der Waals surface area contributed by atoms with Crippen molar-refractivity contribution in [2.24, 2.45) is 5.92 Å². The van der Waals surface area contributed by atoms with Gasteiger partial charge in [-0.2, -0.15) is 0 Å². The number of carbonyl (C=O) groups is 3. The van der Waals surface area contributed by atoms with Crippen LogP contribution < -0.4 is 5.32 Å². The number of carbonyl (C=O) groups excluding carboxylic acids is 3. The van der Waals surface area contributed by atoms with Crippen LogP contribution in [0.2, 0.25) is 0 Å². The fourth-order valence-electron chi connectivity index (χ4n) is 3.46. The van der Waals surface area contributed by atoms with Gasteiger partial charge in [-0.1, -0.05) is 43.7 Å². The summed E-state index contributed by atoms with van der Waals surface area (Å²) in [7, 11) is 0. The minimum atomic E-state index is -0.437. The van der Waals surface area contributed by atoms with Crippen LogP contribution in [0.4, 0.5) is 0 Å². The van der Waals surface area contributed by atoms with Crippen molar-refractivity contribution in [2.45, 2.75) is 53.4 Å². The normalized spacial score (nSPS) is 17.0. The van der Waals surface area contributed by atoms with E-state index in [-0.39, 0.29) is 37.3 Å². The topological polar surface area (TPSA) is 75.7 Å². The molecule has 0 saturated heterocycles. The van der Waals surface area contributed by atoms with Gasteiger partial charge >= 0.3 is 5.97 Å². The first kappa shape index (κ1) is 22.7. The highest BCUT2D eigenvalue weighted by atomic mass is 16.5. The number of nitrogens with zero attached hydrogens (tertiary/aromatic N) is 1. The van der Waals surface area contributed by atoms with Crippen LogP contribution in [0.1, 0.15) is 57.6 Å². The van der Waals surface area contributed by atoms with E-state index in [0.29, 0.717) is 23.7 Å². The van der Waals surface area contributed by atoms with Gasteiger partial charge in [-0.05, 0) is 38.7 Å². The summed E-state index contributed by atoms with van der Waals surface area (Å²) in [5, 5.41) is 2.85. The highest BCUT2D eigenvalue weighted by Crippen LogP contribution is 2.37. The van der Waals surface area contributed by atoms with Crippen molar-refractivity contribution < 1.29 is 19.1 Å². The third-order valence-electron chi connectivity index (χ3n) is 5.14. The van der Waals surface area contributed by atoms with Gasteiger partial charge in [-0.15, -0.1) is 0 Å². The van der Waals surface area contributed by atoms with Gasteiger partial charge < -0.3 is 15.0 Å². The lowest BCUT2D eigenvalue weighted by Crippen LogP contribution is -2.44. The molecule has 1 aromatic carbocycles. The Bertz CT molecular complexity index is 781. The summed E-state index contributed by atoms with van der Waals surface area (Å²) in [6.45, 7) is 10.4. The molecule has 0 aromatic heterocycles. The maximum atomic E-state index is 12.9. The molecule has 1 atom stereocenters. The molecule has 2 amide bonds. The quantitative estimate of drug-likeness (QED) is 0.679. The lowest BCUT2D eigenvalue weighted by atomic mass is 9.83. The molecule has 0 fully saturated rings. The number of ether oxygens (including phenoxy) is 1. The van der Waals surface area contributed by atoms with Crippen LogP contribution in [0.15, 0.2) is 35.5 Å². The molecular formula is C23H32N2O4. The molecule has 158 valence electrons. The average molecular weight is 401 g/mol. The van der Waals surface area contributed by atoms with Crippen molar-refractivity contribution in [3.8, 4) is 0 Å². The van der Waals surface area contributed by atoms with Crippen molar-refractivity contribution in [2.75, 3.05) is 19.7 Å². The number of esters is 1. The van der Waals surface area contributed by atoms with Crippen LogP contribution in [0.25, 0.3) is 0 Å². The number of hydrogen-bond acceptors (Lipinski definition) is 4. The summed E-state index contributed by atoms with van der Waals surface area (Å²) in [6.07, 6.45) is 1.01. The standard InChI is InChI=1S/C23H32N2O4/c1-6-29-23(28)22-17(5)25(14-20(26)24-12-11-15(2)3)21(27)13-19(22)18-9-7-16(4)8-10-18/h7-10,15,19H,6,11-14H2,1-5H3,(H,24,26)/t19-/m0/s1. The summed E-state index contributed by atoms with van der Waals surface area (Å²) in [5.41, 5.74) is 2.94. The molecule has 6 nitrogen and oxygen atoms in total. The Balaban J connectivity index is 2.29. The Morgan fingerprint density at radius 1 is 1.21 bits per heavy atom. The van der Waals surface area contributed by atoms with Crippen molar-refractivity contribution in [3.05, 3.63) is 46.7 Å². The first-order chi connectivity index (χ1) is 13.7. The number of rotatable bonds is 8. The van der Waals surface area contributed by atoms with Crippen LogP contribution in [0, 0.1) is 12.8 Å². The molecule has 0 saturated carbocycles. The lowest BCUT2D eigenvalue weighted by molar-refractivity contribution is -0.141. The Kier molecular flexibility index (Phi) is 8.00. The van der Waals surface area contributed by atoms with Crippen molar-refractivity contribution >= 4 is 17.8 Å². The number of aryl methyl sites for hydroxylation is 1. The number of benzene rings is 1. The third-order valence-corrected chi connectivity index (χ3v) is 5.14. The predicted molar refractivity (Wildman–Crippen MR) is 112 cm³/mol. The first-order valence-electron chi connectivity index (χ1n) is 10.3. The van der Waals surface area contributed by atoms with Gasteiger partial charge in [0.25, 0.3) is 0 Å². The summed E-state index contributed by atoms with van der Waals surface area (Å²) in [4.78, 5) is 39.3. The first-order valence-corrected chi connectivity index (χ1v) is 10.3. The van der Waals surface area contributed by atoms with Gasteiger partial charge in [0.2, 0.25) is 11.8 Å². The third kappa shape index (κ3) is 5.92. The molecule has 0 aliphatic carbocycles. The van der Waals surface area contributed by atoms with Gasteiger partial charge in [-0.3, -0.25) is 9.59 Å². The molecule has 1 heterocycles.